The number of thioether (sulfide) groups is 1. The predicted molar refractivity (Wildman–Crippen MR) is 123 cm³/mol. The molecular formula is C23H31N3O2S2. The Morgan fingerprint density at radius 2 is 1.87 bits per heavy atom. The highest BCUT2D eigenvalue weighted by Gasteiger charge is 2.30. The summed E-state index contributed by atoms with van der Waals surface area (Å²) in [5, 5.41) is 2.75. The molecule has 0 spiro atoms. The second-order valence-electron chi connectivity index (χ2n) is 8.11. The van der Waals surface area contributed by atoms with Crippen molar-refractivity contribution in [3.05, 3.63) is 41.4 Å². The van der Waals surface area contributed by atoms with Crippen LogP contribution in [0.3, 0.4) is 0 Å². The molecule has 1 aromatic carbocycles. The normalized spacial score (nSPS) is 19.2. The number of carbonyl (C=O) groups is 1. The SMILES string of the molecule is CSc1ccc(CCC(=O)N2CCC(N3CCC(Oc4nccs4)CC3)CC2)cc1. The van der Waals surface area contributed by atoms with Gasteiger partial charge in [-0.15, -0.1) is 11.8 Å². The van der Waals surface area contributed by atoms with E-state index < -0.39 is 0 Å². The molecule has 1 amide bonds. The molecule has 162 valence electrons. The van der Waals surface area contributed by atoms with Crippen LogP contribution in [0.2, 0.25) is 0 Å². The topological polar surface area (TPSA) is 45.7 Å². The summed E-state index contributed by atoms with van der Waals surface area (Å²) in [6, 6.07) is 9.18. The first-order chi connectivity index (χ1) is 14.7. The highest BCUT2D eigenvalue weighted by molar-refractivity contribution is 7.98. The van der Waals surface area contributed by atoms with Crippen molar-refractivity contribution in [2.24, 2.45) is 0 Å². The molecule has 0 saturated carbocycles. The highest BCUT2D eigenvalue weighted by atomic mass is 32.2. The molecule has 2 saturated heterocycles. The van der Waals surface area contributed by atoms with Gasteiger partial charge in [0, 0.05) is 55.1 Å². The Kier molecular flexibility index (Phi) is 7.68. The van der Waals surface area contributed by atoms with Crippen LogP contribution in [-0.4, -0.2) is 65.3 Å². The number of ether oxygens (including phenoxy) is 1. The molecular weight excluding hydrogens is 414 g/mol. The maximum atomic E-state index is 12.7. The minimum absolute atomic E-state index is 0.291. The van der Waals surface area contributed by atoms with Crippen LogP contribution in [0.5, 0.6) is 5.19 Å². The molecule has 0 atom stereocenters. The summed E-state index contributed by atoms with van der Waals surface area (Å²) in [7, 11) is 0. The third-order valence-corrected chi connectivity index (χ3v) is 7.68. The quantitative estimate of drug-likeness (QED) is 0.594. The van der Waals surface area contributed by atoms with Crippen molar-refractivity contribution < 1.29 is 9.53 Å². The van der Waals surface area contributed by atoms with Crippen LogP contribution < -0.4 is 4.74 Å². The molecule has 2 aromatic rings. The van der Waals surface area contributed by atoms with Gasteiger partial charge in [0.15, 0.2) is 0 Å². The van der Waals surface area contributed by atoms with Gasteiger partial charge >= 0.3 is 0 Å². The van der Waals surface area contributed by atoms with Crippen molar-refractivity contribution in [2.45, 2.75) is 55.6 Å². The van der Waals surface area contributed by atoms with E-state index in [-0.39, 0.29) is 0 Å². The van der Waals surface area contributed by atoms with Crippen LogP contribution in [0, 0.1) is 0 Å². The summed E-state index contributed by atoms with van der Waals surface area (Å²) < 4.78 is 5.98. The molecule has 4 rings (SSSR count). The monoisotopic (exact) mass is 445 g/mol. The van der Waals surface area contributed by atoms with Crippen molar-refractivity contribution in [1.29, 1.82) is 0 Å². The van der Waals surface area contributed by atoms with E-state index in [4.69, 9.17) is 4.74 Å². The van der Waals surface area contributed by atoms with Gasteiger partial charge in [-0.1, -0.05) is 23.5 Å². The van der Waals surface area contributed by atoms with Gasteiger partial charge in [-0.25, -0.2) is 4.98 Å². The van der Waals surface area contributed by atoms with Gasteiger partial charge in [-0.3, -0.25) is 9.69 Å². The van der Waals surface area contributed by atoms with Gasteiger partial charge in [-0.2, -0.15) is 0 Å². The number of hydrogen-bond donors (Lipinski definition) is 0. The predicted octanol–water partition coefficient (Wildman–Crippen LogP) is 4.33. The smallest absolute Gasteiger partial charge is 0.273 e. The van der Waals surface area contributed by atoms with Crippen LogP contribution in [0.25, 0.3) is 0 Å². The van der Waals surface area contributed by atoms with E-state index in [1.54, 1.807) is 29.3 Å². The number of aryl methyl sites for hydroxylation is 1. The molecule has 2 fully saturated rings. The van der Waals surface area contributed by atoms with Crippen molar-refractivity contribution in [1.82, 2.24) is 14.8 Å². The second-order valence-corrected chi connectivity index (χ2v) is 9.85. The Hall–Kier alpha value is -1.57. The Bertz CT molecular complexity index is 781. The van der Waals surface area contributed by atoms with Crippen LogP contribution >= 0.6 is 23.1 Å². The summed E-state index contributed by atoms with van der Waals surface area (Å²) in [5.74, 6) is 0.304. The molecule has 0 aliphatic carbocycles. The average molecular weight is 446 g/mol. The van der Waals surface area contributed by atoms with Crippen LogP contribution in [0.15, 0.2) is 40.7 Å². The number of carbonyl (C=O) groups excluding carboxylic acids is 1. The van der Waals surface area contributed by atoms with Gasteiger partial charge in [0.2, 0.25) is 5.91 Å². The fraction of sp³-hybridized carbons (Fsp3) is 0.565. The summed E-state index contributed by atoms with van der Waals surface area (Å²) in [6.45, 7) is 3.95. The number of aromatic nitrogens is 1. The van der Waals surface area contributed by atoms with Crippen molar-refractivity contribution in [2.75, 3.05) is 32.4 Å². The Balaban J connectivity index is 1.16. The van der Waals surface area contributed by atoms with Crippen LogP contribution in [0.1, 0.15) is 37.7 Å². The van der Waals surface area contributed by atoms with E-state index in [9.17, 15) is 4.79 Å². The summed E-state index contributed by atoms with van der Waals surface area (Å²) >= 11 is 3.32. The van der Waals surface area contributed by atoms with Gasteiger partial charge in [-0.05, 0) is 56.1 Å². The number of benzene rings is 1. The molecule has 3 heterocycles. The lowest BCUT2D eigenvalue weighted by Crippen LogP contribution is -2.50. The lowest BCUT2D eigenvalue weighted by molar-refractivity contribution is -0.132. The maximum Gasteiger partial charge on any atom is 0.273 e. The van der Waals surface area contributed by atoms with Crippen LogP contribution in [0.4, 0.5) is 0 Å². The first kappa shape index (κ1) is 21.7. The molecule has 2 aliphatic heterocycles. The number of likely N-dealkylation sites (tertiary alicyclic amines) is 2. The Morgan fingerprint density at radius 1 is 1.13 bits per heavy atom. The van der Waals surface area contributed by atoms with E-state index >= 15 is 0 Å². The molecule has 0 unspecified atom stereocenters. The maximum absolute atomic E-state index is 12.7. The molecule has 1 aromatic heterocycles. The number of piperidine rings is 2. The molecule has 2 aliphatic rings. The fourth-order valence-corrected chi connectivity index (χ4v) is 5.41. The van der Waals surface area contributed by atoms with Gasteiger partial charge < -0.3 is 9.64 Å². The minimum atomic E-state index is 0.291. The molecule has 30 heavy (non-hydrogen) atoms. The summed E-state index contributed by atoms with van der Waals surface area (Å²) in [4.78, 5) is 22.8. The van der Waals surface area contributed by atoms with Crippen molar-refractivity contribution in [3.63, 3.8) is 0 Å². The Morgan fingerprint density at radius 3 is 2.50 bits per heavy atom. The van der Waals surface area contributed by atoms with Crippen molar-refractivity contribution in [3.8, 4) is 5.19 Å². The lowest BCUT2D eigenvalue weighted by Gasteiger charge is -2.41. The Labute approximate surface area is 187 Å². The first-order valence-electron chi connectivity index (χ1n) is 10.9. The number of nitrogens with zero attached hydrogens (tertiary/aromatic N) is 3. The van der Waals surface area contributed by atoms with E-state index in [0.717, 1.165) is 63.5 Å². The highest BCUT2D eigenvalue weighted by Crippen LogP contribution is 2.25. The minimum Gasteiger partial charge on any atom is -0.467 e. The molecule has 0 bridgehead atoms. The third-order valence-electron chi connectivity index (χ3n) is 6.27. The van der Waals surface area contributed by atoms with Crippen molar-refractivity contribution >= 4 is 29.0 Å². The standard InChI is InChI=1S/C23H31N3O2S2/c1-29-21-5-2-18(3-6-21)4-7-22(27)26-13-8-19(9-14-26)25-15-10-20(11-16-25)28-23-24-12-17-30-23/h2-3,5-6,12,17,19-20H,4,7-11,13-16H2,1H3. The van der Waals surface area contributed by atoms with Crippen LogP contribution in [-0.2, 0) is 11.2 Å². The zero-order valence-electron chi connectivity index (χ0n) is 17.7. The zero-order valence-corrected chi connectivity index (χ0v) is 19.3. The lowest BCUT2D eigenvalue weighted by atomic mass is 9.98. The molecule has 5 nitrogen and oxygen atoms in total. The molecule has 7 heteroatoms. The second kappa shape index (κ2) is 10.6. The zero-order chi connectivity index (χ0) is 20.8. The number of thiazole rings is 1. The summed E-state index contributed by atoms with van der Waals surface area (Å²) in [6.07, 6.45) is 9.93. The van der Waals surface area contributed by atoms with E-state index in [0.29, 0.717) is 24.5 Å². The largest absolute Gasteiger partial charge is 0.467 e. The number of hydrogen-bond acceptors (Lipinski definition) is 6. The van der Waals surface area contributed by atoms with E-state index in [1.165, 1.54) is 10.5 Å². The first-order valence-corrected chi connectivity index (χ1v) is 13.0. The summed E-state index contributed by atoms with van der Waals surface area (Å²) in [5.41, 5.74) is 1.25. The van der Waals surface area contributed by atoms with Gasteiger partial charge in [0.1, 0.15) is 6.10 Å². The average Bonchev–Trinajstić information content (AvgIpc) is 3.31. The third kappa shape index (κ3) is 5.77. The van der Waals surface area contributed by atoms with E-state index in [2.05, 4.69) is 45.3 Å². The number of rotatable bonds is 7. The number of amides is 1. The molecule has 0 radical (unpaired) electrons. The van der Waals surface area contributed by atoms with E-state index in [1.807, 2.05) is 5.38 Å². The molecule has 0 N–H and O–H groups in total. The fourth-order valence-electron chi connectivity index (χ4n) is 4.45. The van der Waals surface area contributed by atoms with Gasteiger partial charge in [0.25, 0.3) is 5.19 Å². The van der Waals surface area contributed by atoms with Gasteiger partial charge in [0.05, 0.1) is 0 Å².